The zero-order valence-corrected chi connectivity index (χ0v) is 16.4. The van der Waals surface area contributed by atoms with Crippen LogP contribution in [0, 0.1) is 11.8 Å². The van der Waals surface area contributed by atoms with Gasteiger partial charge in [-0.05, 0) is 58.6 Å². The topological polar surface area (TPSA) is 18.5 Å². The molecular formula is C23H30O2. The van der Waals surface area contributed by atoms with E-state index in [-0.39, 0.29) is 0 Å². The summed E-state index contributed by atoms with van der Waals surface area (Å²) < 4.78 is 11.5. The van der Waals surface area contributed by atoms with Gasteiger partial charge in [-0.1, -0.05) is 45.9 Å². The van der Waals surface area contributed by atoms with Crippen molar-refractivity contribution in [1.29, 1.82) is 0 Å². The van der Waals surface area contributed by atoms with Crippen molar-refractivity contribution in [2.75, 3.05) is 14.2 Å². The molecule has 0 aliphatic heterocycles. The molecule has 3 rings (SSSR count). The van der Waals surface area contributed by atoms with Gasteiger partial charge in [-0.15, -0.1) is 0 Å². The summed E-state index contributed by atoms with van der Waals surface area (Å²) in [5.74, 6) is 3.06. The van der Waals surface area contributed by atoms with Gasteiger partial charge in [-0.3, -0.25) is 0 Å². The number of hydrogen-bond donors (Lipinski definition) is 0. The van der Waals surface area contributed by atoms with Crippen molar-refractivity contribution in [3.05, 3.63) is 46.5 Å². The number of methoxy groups -OCH3 is 2. The third-order valence-electron chi connectivity index (χ3n) is 4.93. The van der Waals surface area contributed by atoms with Crippen LogP contribution in [0.2, 0.25) is 0 Å². The minimum Gasteiger partial charge on any atom is -0.493 e. The lowest BCUT2D eigenvalue weighted by atomic mass is 9.94. The molecule has 0 fully saturated rings. The zero-order chi connectivity index (χ0) is 18.1. The lowest BCUT2D eigenvalue weighted by Crippen LogP contribution is -2.03. The number of hydrogen-bond acceptors (Lipinski definition) is 2. The largest absolute Gasteiger partial charge is 0.493 e. The van der Waals surface area contributed by atoms with Crippen LogP contribution >= 0.6 is 0 Å². The predicted octanol–water partition coefficient (Wildman–Crippen LogP) is 5.67. The Morgan fingerprint density at radius 3 is 2.12 bits per heavy atom. The molecule has 0 aromatic heterocycles. The van der Waals surface area contributed by atoms with Crippen LogP contribution in [0.1, 0.15) is 49.9 Å². The van der Waals surface area contributed by atoms with Crippen LogP contribution in [0.5, 0.6) is 11.5 Å². The summed E-state index contributed by atoms with van der Waals surface area (Å²) in [6.07, 6.45) is 3.04. The Morgan fingerprint density at radius 2 is 1.52 bits per heavy atom. The van der Waals surface area contributed by atoms with E-state index < -0.39 is 0 Å². The molecule has 0 spiro atoms. The summed E-state index contributed by atoms with van der Waals surface area (Å²) in [5, 5.41) is 0. The van der Waals surface area contributed by atoms with Gasteiger partial charge in [0.25, 0.3) is 0 Å². The quantitative estimate of drug-likeness (QED) is 0.576. The third-order valence-corrected chi connectivity index (χ3v) is 4.93. The fourth-order valence-electron chi connectivity index (χ4n) is 4.00. The average molecular weight is 338 g/mol. The highest BCUT2D eigenvalue weighted by atomic mass is 16.5. The van der Waals surface area contributed by atoms with Crippen LogP contribution in [0.15, 0.2) is 24.3 Å². The molecule has 0 heterocycles. The molecule has 0 radical (unpaired) electrons. The molecule has 0 atom stereocenters. The van der Waals surface area contributed by atoms with Crippen LogP contribution < -0.4 is 9.47 Å². The summed E-state index contributed by atoms with van der Waals surface area (Å²) >= 11 is 0. The zero-order valence-electron chi connectivity index (χ0n) is 16.4. The van der Waals surface area contributed by atoms with Crippen LogP contribution in [0.3, 0.4) is 0 Å². The Kier molecular flexibility index (Phi) is 5.08. The van der Waals surface area contributed by atoms with Gasteiger partial charge < -0.3 is 9.47 Å². The van der Waals surface area contributed by atoms with Crippen molar-refractivity contribution in [3.8, 4) is 22.6 Å². The lowest BCUT2D eigenvalue weighted by Gasteiger charge is -2.18. The minimum atomic E-state index is 0.574. The number of rotatable bonds is 6. The van der Waals surface area contributed by atoms with Crippen molar-refractivity contribution in [2.24, 2.45) is 11.8 Å². The molecule has 2 heteroatoms. The monoisotopic (exact) mass is 338 g/mol. The van der Waals surface area contributed by atoms with Gasteiger partial charge in [0.05, 0.1) is 14.2 Å². The molecule has 134 valence electrons. The van der Waals surface area contributed by atoms with Gasteiger partial charge >= 0.3 is 0 Å². The molecule has 0 saturated carbocycles. The molecule has 2 aromatic carbocycles. The molecule has 0 N–H and O–H groups in total. The molecule has 1 aliphatic carbocycles. The SMILES string of the molecule is COc1c(CC(C)C)cc2c(c1OC)Cc1ccc(CC(C)C)cc1-2. The Bertz CT molecular complexity index is 772. The minimum absolute atomic E-state index is 0.574. The Hall–Kier alpha value is -1.96. The number of benzene rings is 2. The van der Waals surface area contributed by atoms with E-state index in [1.165, 1.54) is 33.4 Å². The fourth-order valence-corrected chi connectivity index (χ4v) is 4.00. The second-order valence-corrected chi connectivity index (χ2v) is 7.99. The number of ether oxygens (including phenoxy) is 2. The second-order valence-electron chi connectivity index (χ2n) is 7.99. The molecule has 0 bridgehead atoms. The Balaban J connectivity index is 2.15. The van der Waals surface area contributed by atoms with Gasteiger partial charge in [-0.2, -0.15) is 0 Å². The van der Waals surface area contributed by atoms with Gasteiger partial charge in [0.2, 0.25) is 0 Å². The van der Waals surface area contributed by atoms with Crippen molar-refractivity contribution >= 4 is 0 Å². The van der Waals surface area contributed by atoms with E-state index in [0.717, 1.165) is 30.8 Å². The summed E-state index contributed by atoms with van der Waals surface area (Å²) in [6.45, 7) is 9.03. The van der Waals surface area contributed by atoms with E-state index >= 15 is 0 Å². The smallest absolute Gasteiger partial charge is 0.165 e. The van der Waals surface area contributed by atoms with Gasteiger partial charge in [0, 0.05) is 12.0 Å². The Labute approximate surface area is 152 Å². The van der Waals surface area contributed by atoms with Crippen molar-refractivity contribution in [2.45, 2.75) is 47.0 Å². The maximum absolute atomic E-state index is 5.80. The molecule has 2 aromatic rings. The van der Waals surface area contributed by atoms with Crippen LogP contribution in [-0.2, 0) is 19.3 Å². The van der Waals surface area contributed by atoms with E-state index in [4.69, 9.17) is 9.47 Å². The molecule has 25 heavy (non-hydrogen) atoms. The van der Waals surface area contributed by atoms with Gasteiger partial charge in [-0.25, -0.2) is 0 Å². The first-order valence-corrected chi connectivity index (χ1v) is 9.33. The van der Waals surface area contributed by atoms with E-state index in [0.29, 0.717) is 11.8 Å². The fraction of sp³-hybridized carbons (Fsp3) is 0.478. The first-order valence-electron chi connectivity index (χ1n) is 9.33. The normalized spacial score (nSPS) is 12.5. The van der Waals surface area contributed by atoms with E-state index in [1.54, 1.807) is 14.2 Å². The summed E-state index contributed by atoms with van der Waals surface area (Å²) in [6, 6.07) is 9.29. The van der Waals surface area contributed by atoms with Crippen molar-refractivity contribution in [1.82, 2.24) is 0 Å². The van der Waals surface area contributed by atoms with E-state index in [9.17, 15) is 0 Å². The molecular weight excluding hydrogens is 308 g/mol. The maximum Gasteiger partial charge on any atom is 0.165 e. The highest BCUT2D eigenvalue weighted by Crippen LogP contribution is 2.48. The van der Waals surface area contributed by atoms with Crippen LogP contribution in [-0.4, -0.2) is 14.2 Å². The first-order chi connectivity index (χ1) is 11.9. The maximum atomic E-state index is 5.80. The standard InChI is InChI=1S/C23H30O2/c1-14(2)9-16-7-8-17-12-21-20(19(17)11-16)13-18(10-15(3)4)22(24-5)23(21)25-6/h7-8,11,13-15H,9-10,12H2,1-6H3. The molecule has 1 aliphatic rings. The van der Waals surface area contributed by atoms with Crippen LogP contribution in [0.4, 0.5) is 0 Å². The third kappa shape index (κ3) is 3.40. The van der Waals surface area contributed by atoms with Gasteiger partial charge in [0.1, 0.15) is 0 Å². The molecule has 0 unspecified atom stereocenters. The highest BCUT2D eigenvalue weighted by Gasteiger charge is 2.27. The second kappa shape index (κ2) is 7.11. The molecule has 0 saturated heterocycles. The lowest BCUT2D eigenvalue weighted by molar-refractivity contribution is 0.348. The van der Waals surface area contributed by atoms with Crippen LogP contribution in [0.25, 0.3) is 11.1 Å². The van der Waals surface area contributed by atoms with Crippen molar-refractivity contribution in [3.63, 3.8) is 0 Å². The predicted molar refractivity (Wildman–Crippen MR) is 105 cm³/mol. The first kappa shape index (κ1) is 17.8. The van der Waals surface area contributed by atoms with E-state index in [2.05, 4.69) is 52.0 Å². The summed E-state index contributed by atoms with van der Waals surface area (Å²) in [7, 11) is 3.50. The summed E-state index contributed by atoms with van der Waals surface area (Å²) in [5.41, 5.74) is 8.03. The molecule has 2 nitrogen and oxygen atoms in total. The Morgan fingerprint density at radius 1 is 0.840 bits per heavy atom. The number of fused-ring (bicyclic) bond motifs is 3. The van der Waals surface area contributed by atoms with Crippen molar-refractivity contribution < 1.29 is 9.47 Å². The highest BCUT2D eigenvalue weighted by molar-refractivity contribution is 5.82. The molecule has 0 amide bonds. The average Bonchev–Trinajstić information content (AvgIpc) is 2.90. The van der Waals surface area contributed by atoms with Gasteiger partial charge in [0.15, 0.2) is 11.5 Å². The van der Waals surface area contributed by atoms with E-state index in [1.807, 2.05) is 0 Å². The summed E-state index contributed by atoms with van der Waals surface area (Å²) in [4.78, 5) is 0.